The summed E-state index contributed by atoms with van der Waals surface area (Å²) in [5.74, 6) is -33.1. The highest BCUT2D eigenvalue weighted by Gasteiger charge is 2.83. The summed E-state index contributed by atoms with van der Waals surface area (Å²) in [5, 5.41) is 7.68. The van der Waals surface area contributed by atoms with Gasteiger partial charge in [0.15, 0.2) is 0 Å². The van der Waals surface area contributed by atoms with Crippen LogP contribution >= 0.6 is 0 Å². The van der Waals surface area contributed by atoms with Gasteiger partial charge in [-0.25, -0.2) is 9.18 Å². The highest BCUT2D eigenvalue weighted by atomic mass is 19.4. The summed E-state index contributed by atoms with van der Waals surface area (Å²) in [6.07, 6.45) is -7.22. The van der Waals surface area contributed by atoms with E-state index in [1.807, 2.05) is 0 Å². The predicted molar refractivity (Wildman–Crippen MR) is 37.8 cm³/mol. The Morgan fingerprint density at radius 1 is 0.750 bits per heavy atom. The van der Waals surface area contributed by atoms with Crippen molar-refractivity contribution in [3.8, 4) is 0 Å². The van der Waals surface area contributed by atoms with E-state index in [-0.39, 0.29) is 0 Å². The van der Waals surface area contributed by atoms with E-state index in [9.17, 15) is 53.1 Å². The Hall–Kier alpha value is -1.56. The zero-order valence-corrected chi connectivity index (χ0v) is 8.51. The third kappa shape index (κ3) is 2.52. The minimum Gasteiger partial charge on any atom is -0.476 e. The van der Waals surface area contributed by atoms with Crippen LogP contribution in [0.5, 0.6) is 0 Å². The molecule has 0 saturated carbocycles. The van der Waals surface area contributed by atoms with Crippen molar-refractivity contribution in [3.63, 3.8) is 0 Å². The lowest BCUT2D eigenvalue weighted by Crippen LogP contribution is -2.61. The first-order valence-corrected chi connectivity index (χ1v) is 4.01. The number of rotatable bonds is 4. The maximum absolute atomic E-state index is 12.6. The smallest absolute Gasteiger partial charge is 0.460 e. The van der Waals surface area contributed by atoms with E-state index >= 15 is 0 Å². The number of halogens is 11. The molecule has 0 fully saturated rings. The number of hydrogen-bond acceptors (Lipinski definition) is 1. The molecule has 0 bridgehead atoms. The quantitative estimate of drug-likeness (QED) is 0.632. The Morgan fingerprint density at radius 3 is 1.35 bits per heavy atom. The van der Waals surface area contributed by atoms with Gasteiger partial charge in [-0.15, -0.1) is 0 Å². The number of alkyl halides is 9. The topological polar surface area (TPSA) is 37.3 Å². The Bertz CT molecular complexity index is 433. The van der Waals surface area contributed by atoms with Gasteiger partial charge in [0.25, 0.3) is 0 Å². The number of hydrogen-bond donors (Lipinski definition) is 1. The number of carbonyl (C=O) groups is 1. The van der Waals surface area contributed by atoms with E-state index in [2.05, 4.69) is 0 Å². The molecule has 13 heteroatoms. The molecule has 0 unspecified atom stereocenters. The summed E-state index contributed by atoms with van der Waals surface area (Å²) in [6, 6.07) is 0. The fourth-order valence-electron chi connectivity index (χ4n) is 0.745. The molecular weight excluding hydrogens is 325 g/mol. The first-order chi connectivity index (χ1) is 8.51. The SMILES string of the molecule is O=C(O)C(F)=C(F)C(F)(F)C(F)(F)C(F)(F)C(F)(F)F. The highest BCUT2D eigenvalue weighted by molar-refractivity contribution is 5.84. The fourth-order valence-corrected chi connectivity index (χ4v) is 0.745. The van der Waals surface area contributed by atoms with E-state index in [0.29, 0.717) is 0 Å². The van der Waals surface area contributed by atoms with E-state index in [1.54, 1.807) is 0 Å². The minimum atomic E-state index is -7.46. The predicted octanol–water partition coefficient (Wildman–Crippen LogP) is 3.69. The standard InChI is InChI=1S/C7HF11O2/c8-1(3(19)20)2(9)4(10,11)5(12,13)6(14,15)7(16,17)18/h(H,19,20). The maximum atomic E-state index is 12.6. The second-order valence-corrected chi connectivity index (χ2v) is 3.15. The van der Waals surface area contributed by atoms with Crippen molar-refractivity contribution in [2.24, 2.45) is 0 Å². The van der Waals surface area contributed by atoms with Crippen molar-refractivity contribution in [2.45, 2.75) is 23.9 Å². The van der Waals surface area contributed by atoms with Crippen LogP contribution in [0.15, 0.2) is 11.7 Å². The average Bonchev–Trinajstić information content (AvgIpc) is 2.24. The van der Waals surface area contributed by atoms with Crippen molar-refractivity contribution in [1.82, 2.24) is 0 Å². The molecule has 2 nitrogen and oxygen atoms in total. The van der Waals surface area contributed by atoms with Crippen LogP contribution in [-0.4, -0.2) is 35.0 Å². The third-order valence-corrected chi connectivity index (χ3v) is 1.80. The van der Waals surface area contributed by atoms with Gasteiger partial charge in [-0.05, 0) is 0 Å². The number of carboxylic acids is 1. The Kier molecular flexibility index (Phi) is 4.40. The highest BCUT2D eigenvalue weighted by Crippen LogP contribution is 2.55. The summed E-state index contributed by atoms with van der Waals surface area (Å²) in [4.78, 5) is 9.70. The number of aliphatic carboxylic acids is 1. The van der Waals surface area contributed by atoms with E-state index < -0.39 is 41.6 Å². The summed E-state index contributed by atoms with van der Waals surface area (Å²) in [7, 11) is 0. The molecular formula is C7HF11O2. The molecule has 1 N–H and O–H groups in total. The normalized spacial score (nSPS) is 15.9. The van der Waals surface area contributed by atoms with Gasteiger partial charge in [0.05, 0.1) is 0 Å². The second kappa shape index (κ2) is 4.77. The molecule has 0 aromatic heterocycles. The van der Waals surface area contributed by atoms with Crippen LogP contribution in [-0.2, 0) is 4.79 Å². The van der Waals surface area contributed by atoms with Crippen LogP contribution in [0, 0.1) is 0 Å². The van der Waals surface area contributed by atoms with Crippen molar-refractivity contribution in [3.05, 3.63) is 11.7 Å². The van der Waals surface area contributed by atoms with Gasteiger partial charge in [0.1, 0.15) is 0 Å². The summed E-state index contributed by atoms with van der Waals surface area (Å²) in [5.41, 5.74) is 0. The zero-order valence-electron chi connectivity index (χ0n) is 8.51. The van der Waals surface area contributed by atoms with Crippen LogP contribution in [0.3, 0.4) is 0 Å². The first kappa shape index (κ1) is 18.4. The maximum Gasteiger partial charge on any atom is 0.460 e. The Balaban J connectivity index is 6.08. The minimum absolute atomic E-state index is 3.20. The Morgan fingerprint density at radius 2 is 1.10 bits per heavy atom. The molecule has 0 radical (unpaired) electrons. The van der Waals surface area contributed by atoms with E-state index in [4.69, 9.17) is 5.11 Å². The molecule has 0 aromatic carbocycles. The van der Waals surface area contributed by atoms with Gasteiger partial charge >= 0.3 is 29.9 Å². The molecule has 0 spiro atoms. The molecule has 0 heterocycles. The van der Waals surface area contributed by atoms with Crippen LogP contribution in [0.25, 0.3) is 0 Å². The van der Waals surface area contributed by atoms with E-state index in [0.717, 1.165) is 0 Å². The van der Waals surface area contributed by atoms with Crippen molar-refractivity contribution >= 4 is 5.97 Å². The molecule has 20 heavy (non-hydrogen) atoms. The Labute approximate surface area is 101 Å². The summed E-state index contributed by atoms with van der Waals surface area (Å²) >= 11 is 0. The molecule has 0 aromatic rings. The van der Waals surface area contributed by atoms with Gasteiger partial charge in [0.2, 0.25) is 11.7 Å². The van der Waals surface area contributed by atoms with Crippen LogP contribution in [0.1, 0.15) is 0 Å². The largest absolute Gasteiger partial charge is 0.476 e. The second-order valence-electron chi connectivity index (χ2n) is 3.15. The number of allylic oxidation sites excluding steroid dienone is 1. The van der Waals surface area contributed by atoms with Crippen LogP contribution in [0.2, 0.25) is 0 Å². The molecule has 0 aliphatic rings. The molecule has 0 aliphatic carbocycles. The number of carboxylic acid groups (broad SMARTS) is 1. The fraction of sp³-hybridized carbons (Fsp3) is 0.571. The lowest BCUT2D eigenvalue weighted by molar-refractivity contribution is -0.391. The van der Waals surface area contributed by atoms with Crippen molar-refractivity contribution in [2.75, 3.05) is 0 Å². The molecule has 0 atom stereocenters. The van der Waals surface area contributed by atoms with Gasteiger partial charge in [-0.2, -0.15) is 43.9 Å². The van der Waals surface area contributed by atoms with Crippen LogP contribution < -0.4 is 0 Å². The first-order valence-electron chi connectivity index (χ1n) is 4.01. The molecule has 0 rings (SSSR count). The van der Waals surface area contributed by atoms with Crippen LogP contribution in [0.4, 0.5) is 48.3 Å². The zero-order chi connectivity index (χ0) is 16.7. The van der Waals surface area contributed by atoms with Gasteiger partial charge in [0, 0.05) is 0 Å². The average molecular weight is 326 g/mol. The van der Waals surface area contributed by atoms with Crippen molar-refractivity contribution in [1.29, 1.82) is 0 Å². The molecule has 0 saturated heterocycles. The summed E-state index contributed by atoms with van der Waals surface area (Å²) in [6.45, 7) is 0. The monoisotopic (exact) mass is 326 g/mol. The third-order valence-electron chi connectivity index (χ3n) is 1.80. The lowest BCUT2D eigenvalue weighted by atomic mass is 10.0. The van der Waals surface area contributed by atoms with Gasteiger partial charge in [-0.1, -0.05) is 0 Å². The molecule has 0 amide bonds. The molecule has 118 valence electrons. The van der Waals surface area contributed by atoms with E-state index in [1.165, 1.54) is 0 Å². The van der Waals surface area contributed by atoms with Gasteiger partial charge in [-0.3, -0.25) is 0 Å². The van der Waals surface area contributed by atoms with Crippen molar-refractivity contribution < 1.29 is 58.2 Å². The summed E-state index contributed by atoms with van der Waals surface area (Å²) < 4.78 is 134. The lowest BCUT2D eigenvalue weighted by Gasteiger charge is -2.32. The van der Waals surface area contributed by atoms with Gasteiger partial charge < -0.3 is 5.11 Å². The molecule has 0 aliphatic heterocycles.